The molecule has 1 N–H and O–H groups in total. The van der Waals surface area contributed by atoms with Crippen LogP contribution in [0.3, 0.4) is 0 Å². The molecule has 0 bridgehead atoms. The lowest BCUT2D eigenvalue weighted by Crippen LogP contribution is -2.50. The van der Waals surface area contributed by atoms with Gasteiger partial charge in [-0.1, -0.05) is 13.8 Å². The zero-order valence-electron chi connectivity index (χ0n) is 12.4. The van der Waals surface area contributed by atoms with Crippen LogP contribution in [0, 0.1) is 5.92 Å². The summed E-state index contributed by atoms with van der Waals surface area (Å²) in [5, 5.41) is 3.56. The molecule has 1 aliphatic heterocycles. The molecule has 3 nitrogen and oxygen atoms in total. The molecule has 0 aromatic heterocycles. The molecule has 102 valence electrons. The van der Waals surface area contributed by atoms with Crippen molar-refractivity contribution in [2.24, 2.45) is 5.92 Å². The van der Waals surface area contributed by atoms with Crippen molar-refractivity contribution in [3.63, 3.8) is 0 Å². The standard InChI is InChI=1S/C14H31N3/c1-13(2)12-17-10-8-16(9-11-17)7-6-15-14(3,4)5/h13,15H,6-12H2,1-5H3. The molecular formula is C14H31N3. The van der Waals surface area contributed by atoms with Crippen molar-refractivity contribution in [2.45, 2.75) is 40.2 Å². The summed E-state index contributed by atoms with van der Waals surface area (Å²) in [5.41, 5.74) is 0.249. The minimum atomic E-state index is 0.249. The summed E-state index contributed by atoms with van der Waals surface area (Å²) in [6.07, 6.45) is 0. The third-order valence-corrected chi connectivity index (χ3v) is 3.17. The van der Waals surface area contributed by atoms with E-state index in [1.165, 1.54) is 39.3 Å². The highest BCUT2D eigenvalue weighted by Gasteiger charge is 2.17. The highest BCUT2D eigenvalue weighted by molar-refractivity contribution is 4.75. The van der Waals surface area contributed by atoms with Crippen LogP contribution in [0.5, 0.6) is 0 Å². The van der Waals surface area contributed by atoms with Gasteiger partial charge in [-0.15, -0.1) is 0 Å². The molecule has 0 aliphatic carbocycles. The van der Waals surface area contributed by atoms with Crippen molar-refractivity contribution in [2.75, 3.05) is 45.8 Å². The van der Waals surface area contributed by atoms with Crippen LogP contribution in [0.1, 0.15) is 34.6 Å². The molecule has 1 heterocycles. The lowest BCUT2D eigenvalue weighted by molar-refractivity contribution is 0.121. The van der Waals surface area contributed by atoms with E-state index in [9.17, 15) is 0 Å². The van der Waals surface area contributed by atoms with Gasteiger partial charge in [0.05, 0.1) is 0 Å². The maximum absolute atomic E-state index is 3.56. The van der Waals surface area contributed by atoms with Crippen LogP contribution in [-0.4, -0.2) is 61.2 Å². The summed E-state index contributed by atoms with van der Waals surface area (Å²) in [6.45, 7) is 19.8. The molecule has 0 saturated carbocycles. The van der Waals surface area contributed by atoms with E-state index in [-0.39, 0.29) is 5.54 Å². The van der Waals surface area contributed by atoms with E-state index >= 15 is 0 Å². The Hall–Kier alpha value is -0.120. The van der Waals surface area contributed by atoms with Gasteiger partial charge in [0.25, 0.3) is 0 Å². The Morgan fingerprint density at radius 2 is 1.53 bits per heavy atom. The molecule has 1 fully saturated rings. The second-order valence-corrected chi connectivity index (χ2v) is 6.71. The minimum Gasteiger partial charge on any atom is -0.311 e. The zero-order chi connectivity index (χ0) is 12.9. The van der Waals surface area contributed by atoms with E-state index in [1.54, 1.807) is 0 Å². The summed E-state index contributed by atoms with van der Waals surface area (Å²) in [7, 11) is 0. The predicted octanol–water partition coefficient (Wildman–Crippen LogP) is 1.65. The number of hydrogen-bond donors (Lipinski definition) is 1. The molecule has 1 saturated heterocycles. The van der Waals surface area contributed by atoms with Crippen molar-refractivity contribution in [3.8, 4) is 0 Å². The molecule has 0 aromatic rings. The molecule has 1 aliphatic rings. The first-order valence-corrected chi connectivity index (χ1v) is 7.06. The molecule has 0 amide bonds. The predicted molar refractivity (Wildman–Crippen MR) is 75.5 cm³/mol. The second kappa shape index (κ2) is 6.72. The molecule has 0 radical (unpaired) electrons. The number of rotatable bonds is 5. The first kappa shape index (κ1) is 14.9. The topological polar surface area (TPSA) is 18.5 Å². The van der Waals surface area contributed by atoms with E-state index < -0.39 is 0 Å². The fourth-order valence-electron chi connectivity index (χ4n) is 2.30. The number of nitrogens with zero attached hydrogens (tertiary/aromatic N) is 2. The highest BCUT2D eigenvalue weighted by atomic mass is 15.3. The van der Waals surface area contributed by atoms with E-state index in [0.29, 0.717) is 0 Å². The van der Waals surface area contributed by atoms with E-state index in [4.69, 9.17) is 0 Å². The Kier molecular flexibility index (Phi) is 5.90. The molecular weight excluding hydrogens is 210 g/mol. The smallest absolute Gasteiger partial charge is 0.0110 e. The Morgan fingerprint density at radius 3 is 2.00 bits per heavy atom. The first-order chi connectivity index (χ1) is 7.87. The molecule has 0 aromatic carbocycles. The fraction of sp³-hybridized carbons (Fsp3) is 1.00. The summed E-state index contributed by atoms with van der Waals surface area (Å²) >= 11 is 0. The number of piperazine rings is 1. The van der Waals surface area contributed by atoms with Crippen molar-refractivity contribution in [1.29, 1.82) is 0 Å². The van der Waals surface area contributed by atoms with Crippen LogP contribution in [0.15, 0.2) is 0 Å². The van der Waals surface area contributed by atoms with Crippen LogP contribution in [0.2, 0.25) is 0 Å². The zero-order valence-corrected chi connectivity index (χ0v) is 12.4. The van der Waals surface area contributed by atoms with Crippen molar-refractivity contribution < 1.29 is 0 Å². The molecule has 1 rings (SSSR count). The van der Waals surface area contributed by atoms with Crippen molar-refractivity contribution in [1.82, 2.24) is 15.1 Å². The minimum absolute atomic E-state index is 0.249. The maximum Gasteiger partial charge on any atom is 0.0110 e. The molecule has 0 spiro atoms. The Morgan fingerprint density at radius 1 is 1.00 bits per heavy atom. The van der Waals surface area contributed by atoms with Gasteiger partial charge in [-0.25, -0.2) is 0 Å². The SMILES string of the molecule is CC(C)CN1CCN(CCNC(C)(C)C)CC1. The van der Waals surface area contributed by atoms with Crippen LogP contribution < -0.4 is 5.32 Å². The van der Waals surface area contributed by atoms with Gasteiger partial charge in [0.15, 0.2) is 0 Å². The van der Waals surface area contributed by atoms with Crippen molar-refractivity contribution >= 4 is 0 Å². The van der Waals surface area contributed by atoms with Crippen LogP contribution in [-0.2, 0) is 0 Å². The van der Waals surface area contributed by atoms with Gasteiger partial charge in [0.1, 0.15) is 0 Å². The quantitative estimate of drug-likeness (QED) is 0.789. The second-order valence-electron chi connectivity index (χ2n) is 6.71. The molecule has 17 heavy (non-hydrogen) atoms. The fourth-order valence-corrected chi connectivity index (χ4v) is 2.30. The summed E-state index contributed by atoms with van der Waals surface area (Å²) in [5.74, 6) is 0.795. The van der Waals surface area contributed by atoms with Crippen LogP contribution in [0.4, 0.5) is 0 Å². The highest BCUT2D eigenvalue weighted by Crippen LogP contribution is 2.05. The largest absolute Gasteiger partial charge is 0.311 e. The molecule has 3 heteroatoms. The monoisotopic (exact) mass is 241 g/mol. The lowest BCUT2D eigenvalue weighted by Gasteiger charge is -2.36. The maximum atomic E-state index is 3.56. The molecule has 0 atom stereocenters. The van der Waals surface area contributed by atoms with E-state index in [2.05, 4.69) is 49.7 Å². The van der Waals surface area contributed by atoms with E-state index in [1.807, 2.05) is 0 Å². The van der Waals surface area contributed by atoms with Gasteiger partial charge in [0, 0.05) is 51.4 Å². The third kappa shape index (κ3) is 7.02. The van der Waals surface area contributed by atoms with Gasteiger partial charge < -0.3 is 10.2 Å². The Balaban J connectivity index is 2.11. The number of nitrogens with one attached hydrogen (secondary N) is 1. The Bertz CT molecular complexity index is 200. The average Bonchev–Trinajstić information content (AvgIpc) is 2.18. The van der Waals surface area contributed by atoms with Gasteiger partial charge in [-0.2, -0.15) is 0 Å². The summed E-state index contributed by atoms with van der Waals surface area (Å²) in [6, 6.07) is 0. The van der Waals surface area contributed by atoms with Crippen LogP contribution in [0.25, 0.3) is 0 Å². The number of hydrogen-bond acceptors (Lipinski definition) is 3. The van der Waals surface area contributed by atoms with E-state index in [0.717, 1.165) is 12.5 Å². The third-order valence-electron chi connectivity index (χ3n) is 3.17. The van der Waals surface area contributed by atoms with Crippen LogP contribution >= 0.6 is 0 Å². The van der Waals surface area contributed by atoms with Gasteiger partial charge in [0.2, 0.25) is 0 Å². The summed E-state index contributed by atoms with van der Waals surface area (Å²) < 4.78 is 0. The van der Waals surface area contributed by atoms with Gasteiger partial charge >= 0.3 is 0 Å². The summed E-state index contributed by atoms with van der Waals surface area (Å²) in [4.78, 5) is 5.17. The van der Waals surface area contributed by atoms with Gasteiger partial charge in [-0.3, -0.25) is 4.90 Å². The van der Waals surface area contributed by atoms with Gasteiger partial charge in [-0.05, 0) is 26.7 Å². The normalized spacial score (nSPS) is 20.1. The van der Waals surface area contributed by atoms with Crippen molar-refractivity contribution in [3.05, 3.63) is 0 Å². The first-order valence-electron chi connectivity index (χ1n) is 7.06. The Labute approximate surface area is 108 Å². The molecule has 0 unspecified atom stereocenters. The lowest BCUT2D eigenvalue weighted by atomic mass is 10.1. The average molecular weight is 241 g/mol.